The molecule has 0 N–H and O–H groups in total. The van der Waals surface area contributed by atoms with Crippen LogP contribution in [-0.2, 0) is 0 Å². The Morgan fingerprint density at radius 1 is 1.12 bits per heavy atom. The predicted octanol–water partition coefficient (Wildman–Crippen LogP) is 4.25. The quantitative estimate of drug-likeness (QED) is 0.605. The fourth-order valence-electron chi connectivity index (χ4n) is 1.70. The fraction of sp³-hybridized carbons (Fsp3) is 0.600. The minimum Gasteiger partial charge on any atom is -0.170 e. The number of halogens is 6. The van der Waals surface area contributed by atoms with Gasteiger partial charge in [0.05, 0.1) is 0 Å². The second-order valence-corrected chi connectivity index (χ2v) is 3.82. The first-order chi connectivity index (χ1) is 7.12. The highest BCUT2D eigenvalue weighted by atomic mass is 19.4. The monoisotopic (exact) mass is 244 g/mol. The van der Waals surface area contributed by atoms with E-state index < -0.39 is 23.8 Å². The second-order valence-electron chi connectivity index (χ2n) is 3.82. The Balaban J connectivity index is 3.04. The summed E-state index contributed by atoms with van der Waals surface area (Å²) in [6, 6.07) is 0. The summed E-state index contributed by atoms with van der Waals surface area (Å²) in [5, 5.41) is 0. The molecule has 0 spiro atoms. The normalized spacial score (nSPS) is 22.5. The summed E-state index contributed by atoms with van der Waals surface area (Å²) in [4.78, 5) is 0. The van der Waals surface area contributed by atoms with Crippen molar-refractivity contribution in [2.75, 3.05) is 0 Å². The average Bonchev–Trinajstić information content (AvgIpc) is 1.97. The van der Waals surface area contributed by atoms with Crippen molar-refractivity contribution in [2.45, 2.75) is 25.7 Å². The van der Waals surface area contributed by atoms with Gasteiger partial charge in [-0.3, -0.25) is 0 Å². The van der Waals surface area contributed by atoms with Crippen LogP contribution in [0.4, 0.5) is 26.3 Å². The van der Waals surface area contributed by atoms with Gasteiger partial charge in [-0.1, -0.05) is 25.2 Å². The molecule has 0 amide bonds. The zero-order valence-corrected chi connectivity index (χ0v) is 8.36. The van der Waals surface area contributed by atoms with Crippen molar-refractivity contribution < 1.29 is 26.3 Å². The number of allylic oxidation sites excluding steroid dienone is 4. The third-order valence-corrected chi connectivity index (χ3v) is 2.33. The standard InChI is InChI=1S/C10H10F6/c1-6-3-2-4-7(5-6)8(9(11,12)13)10(14,15)16/h2-4,6,8H,5H2,1H3. The maximum atomic E-state index is 12.3. The van der Waals surface area contributed by atoms with Crippen LogP contribution in [0.25, 0.3) is 0 Å². The Morgan fingerprint density at radius 3 is 2.00 bits per heavy atom. The smallest absolute Gasteiger partial charge is 0.170 e. The minimum absolute atomic E-state index is 0.208. The summed E-state index contributed by atoms with van der Waals surface area (Å²) in [5.74, 6) is -3.64. The molecule has 0 saturated heterocycles. The number of hydrogen-bond acceptors (Lipinski definition) is 0. The van der Waals surface area contributed by atoms with Crippen molar-refractivity contribution >= 4 is 0 Å². The van der Waals surface area contributed by atoms with Crippen LogP contribution < -0.4 is 0 Å². The lowest BCUT2D eigenvalue weighted by Crippen LogP contribution is -2.38. The highest BCUT2D eigenvalue weighted by molar-refractivity contribution is 5.23. The van der Waals surface area contributed by atoms with E-state index in [4.69, 9.17) is 0 Å². The maximum Gasteiger partial charge on any atom is 0.404 e. The van der Waals surface area contributed by atoms with Crippen LogP contribution in [0.5, 0.6) is 0 Å². The molecule has 1 unspecified atom stereocenters. The van der Waals surface area contributed by atoms with Crippen LogP contribution >= 0.6 is 0 Å². The molecular weight excluding hydrogens is 234 g/mol. The van der Waals surface area contributed by atoms with Gasteiger partial charge in [-0.25, -0.2) is 0 Å². The van der Waals surface area contributed by atoms with Gasteiger partial charge in [-0.15, -0.1) is 0 Å². The van der Waals surface area contributed by atoms with E-state index in [1.807, 2.05) is 0 Å². The molecule has 0 aromatic heterocycles. The van der Waals surface area contributed by atoms with Gasteiger partial charge >= 0.3 is 12.4 Å². The first-order valence-electron chi connectivity index (χ1n) is 4.63. The van der Waals surface area contributed by atoms with Crippen LogP contribution in [0.15, 0.2) is 23.8 Å². The van der Waals surface area contributed by atoms with Crippen molar-refractivity contribution in [3.05, 3.63) is 23.8 Å². The molecule has 92 valence electrons. The Bertz CT molecular complexity index is 292. The maximum absolute atomic E-state index is 12.3. The molecule has 1 rings (SSSR count). The first kappa shape index (κ1) is 13.1. The van der Waals surface area contributed by atoms with E-state index in [1.165, 1.54) is 6.08 Å². The van der Waals surface area contributed by atoms with Gasteiger partial charge in [0.2, 0.25) is 0 Å². The van der Waals surface area contributed by atoms with Crippen LogP contribution in [0.2, 0.25) is 0 Å². The van der Waals surface area contributed by atoms with Gasteiger partial charge in [-0.2, -0.15) is 26.3 Å². The molecular formula is C10H10F6. The molecule has 0 fully saturated rings. The summed E-state index contributed by atoms with van der Waals surface area (Å²) in [6.45, 7) is 1.58. The Kier molecular flexibility index (Phi) is 3.40. The molecule has 1 atom stereocenters. The summed E-state index contributed by atoms with van der Waals surface area (Å²) in [5.41, 5.74) is -0.616. The van der Waals surface area contributed by atoms with Crippen molar-refractivity contribution in [2.24, 2.45) is 11.8 Å². The minimum atomic E-state index is -5.28. The van der Waals surface area contributed by atoms with E-state index in [9.17, 15) is 26.3 Å². The molecule has 6 heteroatoms. The third-order valence-electron chi connectivity index (χ3n) is 2.33. The van der Waals surface area contributed by atoms with Gasteiger partial charge in [0.1, 0.15) is 0 Å². The average molecular weight is 244 g/mol. The largest absolute Gasteiger partial charge is 0.404 e. The molecule has 0 bridgehead atoms. The molecule has 0 radical (unpaired) electrons. The van der Waals surface area contributed by atoms with E-state index in [1.54, 1.807) is 13.0 Å². The van der Waals surface area contributed by atoms with Crippen molar-refractivity contribution in [1.82, 2.24) is 0 Å². The Labute approximate surface area is 88.6 Å². The lowest BCUT2D eigenvalue weighted by Gasteiger charge is -2.27. The van der Waals surface area contributed by atoms with Crippen LogP contribution in [0, 0.1) is 11.8 Å². The van der Waals surface area contributed by atoms with Gasteiger partial charge in [0, 0.05) is 0 Å². The highest BCUT2D eigenvalue weighted by Gasteiger charge is 2.58. The van der Waals surface area contributed by atoms with Crippen LogP contribution in [0.3, 0.4) is 0 Å². The predicted molar refractivity (Wildman–Crippen MR) is 46.6 cm³/mol. The molecule has 0 aromatic carbocycles. The van der Waals surface area contributed by atoms with Gasteiger partial charge in [0.15, 0.2) is 5.92 Å². The van der Waals surface area contributed by atoms with E-state index in [2.05, 4.69) is 0 Å². The summed E-state index contributed by atoms with van der Waals surface area (Å²) < 4.78 is 74.1. The molecule has 1 aliphatic carbocycles. The van der Waals surface area contributed by atoms with Gasteiger partial charge < -0.3 is 0 Å². The SMILES string of the molecule is CC1C=CC=C(C(C(F)(F)F)C(F)(F)F)C1. The molecule has 0 aliphatic heterocycles. The Hall–Kier alpha value is -0.940. The van der Waals surface area contributed by atoms with Crippen LogP contribution in [0.1, 0.15) is 13.3 Å². The van der Waals surface area contributed by atoms with Crippen molar-refractivity contribution in [1.29, 1.82) is 0 Å². The van der Waals surface area contributed by atoms with Crippen molar-refractivity contribution in [3.63, 3.8) is 0 Å². The topological polar surface area (TPSA) is 0 Å². The van der Waals surface area contributed by atoms with Crippen molar-refractivity contribution in [3.8, 4) is 0 Å². The third kappa shape index (κ3) is 3.02. The van der Waals surface area contributed by atoms with Gasteiger partial charge in [0.25, 0.3) is 0 Å². The zero-order chi connectivity index (χ0) is 12.6. The fourth-order valence-corrected chi connectivity index (χ4v) is 1.70. The summed E-state index contributed by atoms with van der Waals surface area (Å²) >= 11 is 0. The molecule has 0 saturated carbocycles. The van der Waals surface area contributed by atoms with E-state index in [0.29, 0.717) is 0 Å². The van der Waals surface area contributed by atoms with Crippen LogP contribution in [-0.4, -0.2) is 12.4 Å². The molecule has 0 nitrogen and oxygen atoms in total. The number of hydrogen-bond donors (Lipinski definition) is 0. The zero-order valence-electron chi connectivity index (χ0n) is 8.36. The number of rotatable bonds is 1. The van der Waals surface area contributed by atoms with E-state index >= 15 is 0 Å². The number of alkyl halides is 6. The molecule has 0 aromatic rings. The summed E-state index contributed by atoms with van der Waals surface area (Å²) in [7, 11) is 0. The van der Waals surface area contributed by atoms with E-state index in [-0.39, 0.29) is 12.3 Å². The van der Waals surface area contributed by atoms with Gasteiger partial charge in [-0.05, 0) is 17.9 Å². The summed E-state index contributed by atoms with van der Waals surface area (Å²) in [6.07, 6.45) is -7.04. The highest BCUT2D eigenvalue weighted by Crippen LogP contribution is 2.46. The lowest BCUT2D eigenvalue weighted by molar-refractivity contribution is -0.272. The molecule has 16 heavy (non-hydrogen) atoms. The first-order valence-corrected chi connectivity index (χ1v) is 4.63. The lowest BCUT2D eigenvalue weighted by atomic mass is 9.86. The Morgan fingerprint density at radius 2 is 1.62 bits per heavy atom. The second kappa shape index (κ2) is 4.14. The molecule has 0 heterocycles. The van der Waals surface area contributed by atoms with E-state index in [0.717, 1.165) is 6.08 Å². The molecule has 1 aliphatic rings.